The van der Waals surface area contributed by atoms with Gasteiger partial charge in [0.05, 0.1) is 17.2 Å². The molecule has 3 aromatic carbocycles. The number of hydrogen-bond acceptors (Lipinski definition) is 7. The summed E-state index contributed by atoms with van der Waals surface area (Å²) in [5.74, 6) is 1.63. The zero-order valence-corrected chi connectivity index (χ0v) is 26.1. The highest BCUT2D eigenvalue weighted by Gasteiger charge is 2.35. The molecule has 0 fully saturated rings. The Morgan fingerprint density at radius 2 is 1.93 bits per heavy atom. The van der Waals surface area contributed by atoms with Crippen LogP contribution in [0.1, 0.15) is 43.0 Å². The van der Waals surface area contributed by atoms with Crippen LogP contribution in [0.25, 0.3) is 0 Å². The van der Waals surface area contributed by atoms with Crippen molar-refractivity contribution in [3.8, 4) is 11.5 Å². The number of carbonyl (C=O) groups excluding carboxylic acids is 1. The molecule has 1 aliphatic rings. The van der Waals surface area contributed by atoms with Gasteiger partial charge in [-0.3, -0.25) is 4.79 Å². The third-order valence-corrected chi connectivity index (χ3v) is 8.35. The third kappa shape index (κ3) is 6.32. The van der Waals surface area contributed by atoms with Gasteiger partial charge in [-0.05, 0) is 72.1 Å². The number of ether oxygens (including phenoxy) is 2. The number of rotatable bonds is 10. The van der Waals surface area contributed by atoms with E-state index in [9.17, 15) is 9.18 Å². The molecule has 1 unspecified atom stereocenters. The number of nitrogens with zero attached hydrogens (tertiary/aromatic N) is 3. The number of benzene rings is 3. The Kier molecular flexibility index (Phi) is 9.18. The highest BCUT2D eigenvalue weighted by atomic mass is 79.9. The Bertz CT molecular complexity index is 1640. The standard InChI is InChI=1S/C31H31BrFN5O3S/c1-5-14-42-31-36-30-34-19(3)26(29(39)35-22-12-10-18(2)11-13-22)27(38(30)37-31)21-15-23(32)28(25(16-21)40-4)41-17-20-8-6-7-9-24(20)33/h6-13,15-16,27H,5,14,17H2,1-4H3,(H,35,39)(H,34,36,37). The van der Waals surface area contributed by atoms with Crippen LogP contribution in [-0.2, 0) is 11.4 Å². The Morgan fingerprint density at radius 1 is 1.17 bits per heavy atom. The SMILES string of the molecule is CCCSc1nc2n(n1)C(c1cc(Br)c(OCc3ccccc3F)c(OC)c1)C(C(=O)Nc1ccc(C)cc1)=C(C)N2. The molecular formula is C31H31BrFN5O3S. The quantitative estimate of drug-likeness (QED) is 0.172. The van der Waals surface area contributed by atoms with Crippen LogP contribution >= 0.6 is 27.7 Å². The smallest absolute Gasteiger partial charge is 0.255 e. The van der Waals surface area contributed by atoms with Crippen LogP contribution in [0.4, 0.5) is 16.0 Å². The van der Waals surface area contributed by atoms with Crippen LogP contribution < -0.4 is 20.1 Å². The molecule has 4 aromatic rings. The molecule has 2 N–H and O–H groups in total. The summed E-state index contributed by atoms with van der Waals surface area (Å²) < 4.78 is 28.3. The van der Waals surface area contributed by atoms with Crippen molar-refractivity contribution >= 4 is 45.2 Å². The van der Waals surface area contributed by atoms with E-state index in [0.29, 0.717) is 49.6 Å². The van der Waals surface area contributed by atoms with Gasteiger partial charge in [0, 0.05) is 22.7 Å². The lowest BCUT2D eigenvalue weighted by Gasteiger charge is -2.29. The molecule has 1 amide bonds. The summed E-state index contributed by atoms with van der Waals surface area (Å²) in [6.07, 6.45) is 0.978. The number of nitrogens with one attached hydrogen (secondary N) is 2. The zero-order chi connectivity index (χ0) is 29.8. The maximum atomic E-state index is 14.2. The summed E-state index contributed by atoms with van der Waals surface area (Å²) in [6, 6.07) is 17.2. The summed E-state index contributed by atoms with van der Waals surface area (Å²) >= 11 is 5.19. The molecular weight excluding hydrogens is 621 g/mol. The van der Waals surface area contributed by atoms with Crippen LogP contribution in [-0.4, -0.2) is 33.5 Å². The van der Waals surface area contributed by atoms with Crippen molar-refractivity contribution in [3.05, 3.63) is 98.9 Å². The Balaban J connectivity index is 1.55. The second kappa shape index (κ2) is 13.0. The van der Waals surface area contributed by atoms with E-state index in [2.05, 4.69) is 33.5 Å². The number of anilines is 2. The monoisotopic (exact) mass is 651 g/mol. The number of thioether (sulfide) groups is 1. The van der Waals surface area contributed by atoms with E-state index in [0.717, 1.165) is 23.3 Å². The largest absolute Gasteiger partial charge is 0.493 e. The number of aryl methyl sites for hydroxylation is 1. The maximum Gasteiger partial charge on any atom is 0.255 e. The average molecular weight is 653 g/mol. The number of hydrogen-bond donors (Lipinski definition) is 2. The van der Waals surface area contributed by atoms with Crippen LogP contribution in [0.3, 0.4) is 0 Å². The van der Waals surface area contributed by atoms with Crippen molar-refractivity contribution in [1.82, 2.24) is 14.8 Å². The molecule has 1 aliphatic heterocycles. The topological polar surface area (TPSA) is 90.3 Å². The van der Waals surface area contributed by atoms with Gasteiger partial charge < -0.3 is 20.1 Å². The zero-order valence-electron chi connectivity index (χ0n) is 23.7. The molecule has 1 atom stereocenters. The molecule has 0 saturated heterocycles. The first-order valence-electron chi connectivity index (χ1n) is 13.5. The van der Waals surface area contributed by atoms with Gasteiger partial charge in [0.2, 0.25) is 11.1 Å². The van der Waals surface area contributed by atoms with Crippen molar-refractivity contribution in [1.29, 1.82) is 0 Å². The predicted molar refractivity (Wildman–Crippen MR) is 167 cm³/mol. The number of aromatic nitrogens is 3. The Morgan fingerprint density at radius 3 is 2.64 bits per heavy atom. The molecule has 8 nitrogen and oxygen atoms in total. The fourth-order valence-electron chi connectivity index (χ4n) is 4.63. The predicted octanol–water partition coefficient (Wildman–Crippen LogP) is 7.51. The lowest BCUT2D eigenvalue weighted by atomic mass is 9.94. The van der Waals surface area contributed by atoms with Gasteiger partial charge in [0.25, 0.3) is 5.91 Å². The van der Waals surface area contributed by atoms with Gasteiger partial charge >= 0.3 is 0 Å². The lowest BCUT2D eigenvalue weighted by molar-refractivity contribution is -0.113. The number of halogens is 2. The van der Waals surface area contributed by atoms with Gasteiger partial charge in [0.15, 0.2) is 11.5 Å². The molecule has 0 saturated carbocycles. The number of methoxy groups -OCH3 is 1. The highest BCUT2D eigenvalue weighted by Crippen LogP contribution is 2.43. The van der Waals surface area contributed by atoms with Crippen molar-refractivity contribution in [3.63, 3.8) is 0 Å². The second-order valence-corrected chi connectivity index (χ2v) is 11.7. The fraction of sp³-hybridized carbons (Fsp3) is 0.258. The van der Waals surface area contributed by atoms with E-state index in [1.54, 1.807) is 34.6 Å². The summed E-state index contributed by atoms with van der Waals surface area (Å²) in [5.41, 5.74) is 4.07. The minimum atomic E-state index is -0.624. The first-order valence-corrected chi connectivity index (χ1v) is 15.3. The first kappa shape index (κ1) is 29.7. The number of amides is 1. The summed E-state index contributed by atoms with van der Waals surface area (Å²) in [4.78, 5) is 18.5. The fourth-order valence-corrected chi connectivity index (χ4v) is 5.88. The number of carbonyl (C=O) groups is 1. The number of fused-ring (bicyclic) bond motifs is 1. The first-order chi connectivity index (χ1) is 20.3. The molecule has 11 heteroatoms. The molecule has 1 aromatic heterocycles. The normalized spacial score (nSPS) is 14.3. The van der Waals surface area contributed by atoms with Crippen molar-refractivity contribution in [2.24, 2.45) is 0 Å². The van der Waals surface area contributed by atoms with E-state index < -0.39 is 6.04 Å². The van der Waals surface area contributed by atoms with Crippen molar-refractivity contribution in [2.45, 2.75) is 45.0 Å². The van der Waals surface area contributed by atoms with Gasteiger partial charge in [-0.1, -0.05) is 54.6 Å². The second-order valence-electron chi connectivity index (χ2n) is 9.81. The van der Waals surface area contributed by atoms with Gasteiger partial charge in [-0.25, -0.2) is 9.07 Å². The van der Waals surface area contributed by atoms with Crippen LogP contribution in [0.2, 0.25) is 0 Å². The summed E-state index contributed by atoms with van der Waals surface area (Å²) in [6.45, 7) is 5.96. The van der Waals surface area contributed by atoms with Crippen molar-refractivity contribution < 1.29 is 18.7 Å². The van der Waals surface area contributed by atoms with E-state index in [4.69, 9.17) is 19.6 Å². The molecule has 5 rings (SSSR count). The Labute approximate surface area is 256 Å². The van der Waals surface area contributed by atoms with E-state index >= 15 is 0 Å². The van der Waals surface area contributed by atoms with Gasteiger partial charge in [-0.15, -0.1) is 5.10 Å². The van der Waals surface area contributed by atoms with Crippen LogP contribution in [0.5, 0.6) is 11.5 Å². The average Bonchev–Trinajstić information content (AvgIpc) is 3.38. The number of allylic oxidation sites excluding steroid dienone is 1. The van der Waals surface area contributed by atoms with Gasteiger partial charge in [-0.2, -0.15) is 4.98 Å². The Hall–Kier alpha value is -3.83. The minimum absolute atomic E-state index is 0.0166. The third-order valence-electron chi connectivity index (χ3n) is 6.72. The highest BCUT2D eigenvalue weighted by molar-refractivity contribution is 9.10. The van der Waals surface area contributed by atoms with E-state index in [-0.39, 0.29) is 18.3 Å². The molecule has 0 aliphatic carbocycles. The lowest BCUT2D eigenvalue weighted by Crippen LogP contribution is -2.31. The van der Waals surface area contributed by atoms with Gasteiger partial charge in [0.1, 0.15) is 18.5 Å². The van der Waals surface area contributed by atoms with Crippen LogP contribution in [0.15, 0.2) is 81.6 Å². The summed E-state index contributed by atoms with van der Waals surface area (Å²) in [5, 5.41) is 11.7. The molecule has 42 heavy (non-hydrogen) atoms. The van der Waals surface area contributed by atoms with Crippen molar-refractivity contribution in [2.75, 3.05) is 23.5 Å². The molecule has 0 radical (unpaired) electrons. The molecule has 218 valence electrons. The summed E-state index contributed by atoms with van der Waals surface area (Å²) in [7, 11) is 1.54. The maximum absolute atomic E-state index is 14.2. The van der Waals surface area contributed by atoms with E-state index in [1.807, 2.05) is 50.2 Å². The molecule has 2 heterocycles. The van der Waals surface area contributed by atoms with Crippen LogP contribution in [0, 0.1) is 12.7 Å². The molecule has 0 spiro atoms. The minimum Gasteiger partial charge on any atom is -0.493 e. The van der Waals surface area contributed by atoms with E-state index in [1.165, 1.54) is 13.2 Å². The molecule has 0 bridgehead atoms.